The number of benzene rings is 2. The van der Waals surface area contributed by atoms with Crippen LogP contribution >= 0.6 is 22.9 Å². The highest BCUT2D eigenvalue weighted by molar-refractivity contribution is 7.17. The van der Waals surface area contributed by atoms with Crippen LogP contribution in [-0.4, -0.2) is 29.9 Å². The van der Waals surface area contributed by atoms with E-state index in [2.05, 4.69) is 4.98 Å². The number of aromatic nitrogens is 1. The van der Waals surface area contributed by atoms with Gasteiger partial charge >= 0.3 is 0 Å². The topological polar surface area (TPSA) is 42.4 Å². The number of carbonyl (C=O) groups excluding carboxylic acids is 1. The largest absolute Gasteiger partial charge is 0.496 e. The van der Waals surface area contributed by atoms with Crippen LogP contribution in [-0.2, 0) is 0 Å². The maximum Gasteiger partial charge on any atom is 0.266 e. The summed E-state index contributed by atoms with van der Waals surface area (Å²) in [6, 6.07) is 15.1. The third-order valence-electron chi connectivity index (χ3n) is 4.59. The predicted octanol–water partition coefficient (Wildman–Crippen LogP) is 5.61. The number of hydrogen-bond donors (Lipinski definition) is 0. The zero-order valence-electron chi connectivity index (χ0n) is 15.7. The van der Waals surface area contributed by atoms with Crippen LogP contribution in [0.15, 0.2) is 48.5 Å². The molecule has 2 aromatic carbocycles. The van der Waals surface area contributed by atoms with E-state index in [1.165, 1.54) is 11.3 Å². The quantitative estimate of drug-likeness (QED) is 0.558. The van der Waals surface area contributed by atoms with E-state index in [1.54, 1.807) is 19.1 Å². The second-order valence-corrected chi connectivity index (χ2v) is 7.65. The molecule has 0 saturated heterocycles. The number of methoxy groups -OCH3 is 1. The third-order valence-corrected chi connectivity index (χ3v) is 6.09. The number of nitrogens with zero attached hydrogens (tertiary/aromatic N) is 2. The Bertz CT molecular complexity index is 970. The van der Waals surface area contributed by atoms with E-state index in [0.29, 0.717) is 15.6 Å². The molecule has 1 heterocycles. The molecular weight excluding hydrogens is 380 g/mol. The van der Waals surface area contributed by atoms with Gasteiger partial charge in [0.25, 0.3) is 5.91 Å². The van der Waals surface area contributed by atoms with Crippen LogP contribution in [0.25, 0.3) is 10.6 Å². The third kappa shape index (κ3) is 3.84. The Hall–Kier alpha value is -2.37. The van der Waals surface area contributed by atoms with Crippen molar-refractivity contribution in [1.29, 1.82) is 0 Å². The summed E-state index contributed by atoms with van der Waals surface area (Å²) < 4.78 is 5.44. The fourth-order valence-electron chi connectivity index (χ4n) is 2.90. The first-order chi connectivity index (χ1) is 12.9. The zero-order chi connectivity index (χ0) is 19.6. The normalized spacial score (nSPS) is 11.9. The first-order valence-corrected chi connectivity index (χ1v) is 9.76. The molecule has 27 heavy (non-hydrogen) atoms. The Morgan fingerprint density at radius 2 is 1.85 bits per heavy atom. The van der Waals surface area contributed by atoms with Crippen molar-refractivity contribution in [3.63, 3.8) is 0 Å². The molecule has 6 heteroatoms. The van der Waals surface area contributed by atoms with Crippen molar-refractivity contribution in [3.8, 4) is 16.3 Å². The maximum absolute atomic E-state index is 13.1. The first-order valence-electron chi connectivity index (χ1n) is 8.56. The van der Waals surface area contributed by atoms with Gasteiger partial charge in [-0.3, -0.25) is 4.79 Å². The highest BCUT2D eigenvalue weighted by Crippen LogP contribution is 2.35. The molecule has 0 saturated carbocycles. The molecule has 140 valence electrons. The van der Waals surface area contributed by atoms with Crippen LogP contribution in [0.1, 0.15) is 33.9 Å². The molecule has 0 fully saturated rings. The minimum Gasteiger partial charge on any atom is -0.496 e. The Morgan fingerprint density at radius 3 is 2.56 bits per heavy atom. The monoisotopic (exact) mass is 400 g/mol. The number of carbonyl (C=O) groups is 1. The molecule has 0 aliphatic heterocycles. The number of hydrogen-bond acceptors (Lipinski definition) is 4. The number of halogens is 1. The molecule has 3 rings (SSSR count). The van der Waals surface area contributed by atoms with Crippen molar-refractivity contribution in [1.82, 2.24) is 9.88 Å². The summed E-state index contributed by atoms with van der Waals surface area (Å²) in [7, 11) is 3.43. The van der Waals surface area contributed by atoms with Gasteiger partial charge in [0.15, 0.2) is 0 Å². The number of aryl methyl sites for hydroxylation is 1. The van der Waals surface area contributed by atoms with Crippen molar-refractivity contribution in [2.24, 2.45) is 0 Å². The lowest BCUT2D eigenvalue weighted by Crippen LogP contribution is -2.29. The van der Waals surface area contributed by atoms with E-state index in [9.17, 15) is 4.79 Å². The second-order valence-electron chi connectivity index (χ2n) is 6.25. The lowest BCUT2D eigenvalue weighted by Gasteiger charge is -2.26. The summed E-state index contributed by atoms with van der Waals surface area (Å²) in [4.78, 5) is 20.0. The molecule has 4 nitrogen and oxygen atoms in total. The van der Waals surface area contributed by atoms with Crippen LogP contribution in [0.5, 0.6) is 5.75 Å². The highest BCUT2D eigenvalue weighted by Gasteiger charge is 2.25. The van der Waals surface area contributed by atoms with Crippen molar-refractivity contribution >= 4 is 28.8 Å². The highest BCUT2D eigenvalue weighted by atomic mass is 35.5. The smallest absolute Gasteiger partial charge is 0.266 e. The number of thiazole rings is 1. The number of ether oxygens (including phenoxy) is 1. The first kappa shape index (κ1) is 19.4. The summed E-state index contributed by atoms with van der Waals surface area (Å²) in [5, 5.41) is 1.38. The summed E-state index contributed by atoms with van der Waals surface area (Å²) >= 11 is 7.65. The van der Waals surface area contributed by atoms with Gasteiger partial charge in [-0.05, 0) is 26.0 Å². The predicted molar refractivity (Wildman–Crippen MR) is 111 cm³/mol. The summed E-state index contributed by atoms with van der Waals surface area (Å²) in [6.45, 7) is 3.84. The van der Waals surface area contributed by atoms with E-state index >= 15 is 0 Å². The van der Waals surface area contributed by atoms with Crippen LogP contribution in [0.4, 0.5) is 0 Å². The van der Waals surface area contributed by atoms with Gasteiger partial charge in [-0.15, -0.1) is 11.3 Å². The van der Waals surface area contributed by atoms with Gasteiger partial charge in [-0.25, -0.2) is 4.98 Å². The molecule has 0 spiro atoms. The molecule has 0 N–H and O–H groups in total. The lowest BCUT2D eigenvalue weighted by atomic mass is 10.1. The van der Waals surface area contributed by atoms with Gasteiger partial charge in [0.1, 0.15) is 15.6 Å². The summed E-state index contributed by atoms with van der Waals surface area (Å²) in [6.07, 6.45) is 0. The van der Waals surface area contributed by atoms with E-state index in [1.807, 2.05) is 62.4 Å². The van der Waals surface area contributed by atoms with Crippen molar-refractivity contribution in [2.75, 3.05) is 14.2 Å². The fraction of sp³-hybridized carbons (Fsp3) is 0.238. The van der Waals surface area contributed by atoms with Crippen molar-refractivity contribution in [3.05, 3.63) is 69.7 Å². The average molecular weight is 401 g/mol. The molecular formula is C21H21ClN2O2S. The van der Waals surface area contributed by atoms with Crippen LogP contribution in [0, 0.1) is 6.92 Å². The van der Waals surface area contributed by atoms with Crippen LogP contribution in [0.2, 0.25) is 5.02 Å². The van der Waals surface area contributed by atoms with E-state index in [0.717, 1.165) is 21.9 Å². The Morgan fingerprint density at radius 1 is 1.19 bits per heavy atom. The van der Waals surface area contributed by atoms with E-state index in [-0.39, 0.29) is 11.9 Å². The van der Waals surface area contributed by atoms with Gasteiger partial charge in [0, 0.05) is 18.2 Å². The minimum absolute atomic E-state index is 0.0679. The summed E-state index contributed by atoms with van der Waals surface area (Å²) in [5.74, 6) is 0.698. The molecule has 1 atom stereocenters. The Kier molecular flexibility index (Phi) is 5.82. The molecule has 0 radical (unpaired) electrons. The van der Waals surface area contributed by atoms with E-state index in [4.69, 9.17) is 16.3 Å². The average Bonchev–Trinajstić information content (AvgIpc) is 3.07. The fourth-order valence-corrected chi connectivity index (χ4v) is 4.27. The van der Waals surface area contributed by atoms with Crippen molar-refractivity contribution < 1.29 is 9.53 Å². The van der Waals surface area contributed by atoms with Gasteiger partial charge in [0.05, 0.1) is 23.9 Å². The Balaban J connectivity index is 1.91. The number of para-hydroxylation sites is 1. The number of rotatable bonds is 5. The van der Waals surface area contributed by atoms with Gasteiger partial charge in [-0.1, -0.05) is 48.0 Å². The maximum atomic E-state index is 13.1. The SMILES string of the molecule is COc1ccccc1[C@H](C)N(C)C(=O)c1sc(-c2ccccc2Cl)nc1C. The molecule has 1 aromatic heterocycles. The Labute approximate surface area is 168 Å². The van der Waals surface area contributed by atoms with E-state index < -0.39 is 0 Å². The summed E-state index contributed by atoms with van der Waals surface area (Å²) in [5.41, 5.74) is 2.51. The van der Waals surface area contributed by atoms with Gasteiger partial charge in [-0.2, -0.15) is 0 Å². The molecule has 3 aromatic rings. The molecule has 0 aliphatic rings. The molecule has 0 bridgehead atoms. The minimum atomic E-state index is -0.140. The standard InChI is InChI=1S/C21H21ClN2O2S/c1-13-19(27-20(23-13)16-10-5-7-11-17(16)22)21(25)24(3)14(2)15-9-6-8-12-18(15)26-4/h5-12,14H,1-4H3/t14-/m0/s1. The molecule has 1 amide bonds. The van der Waals surface area contributed by atoms with Gasteiger partial charge in [0.2, 0.25) is 0 Å². The van der Waals surface area contributed by atoms with Crippen LogP contribution in [0.3, 0.4) is 0 Å². The second kappa shape index (κ2) is 8.11. The van der Waals surface area contributed by atoms with Gasteiger partial charge < -0.3 is 9.64 Å². The number of amides is 1. The van der Waals surface area contributed by atoms with Crippen molar-refractivity contribution in [2.45, 2.75) is 19.9 Å². The zero-order valence-corrected chi connectivity index (χ0v) is 17.3. The molecule has 0 unspecified atom stereocenters. The van der Waals surface area contributed by atoms with Crippen LogP contribution < -0.4 is 4.74 Å². The lowest BCUT2D eigenvalue weighted by molar-refractivity contribution is 0.0745. The molecule has 0 aliphatic carbocycles.